The minimum atomic E-state index is -1.19. The Kier molecular flexibility index (Phi) is 10.7. The highest BCUT2D eigenvalue weighted by molar-refractivity contribution is 6.38. The molecule has 4 N–H and O–H groups in total. The monoisotopic (exact) mass is 614 g/mol. The SMILES string of the molecule is COc1ccc2[nH]c(C(=O)C[C@@H](Cc3ccccc3)C(=O)N[C@@H](C[C@@H]3CCCNC3=O)C(=O)C(=O)NC3CCCCC3)cc2c1. The zero-order valence-electron chi connectivity index (χ0n) is 25.7. The van der Waals surface area contributed by atoms with Crippen molar-refractivity contribution in [3.8, 4) is 5.75 Å². The number of aromatic nitrogens is 1. The largest absolute Gasteiger partial charge is 0.497 e. The van der Waals surface area contributed by atoms with Crippen molar-refractivity contribution in [2.75, 3.05) is 13.7 Å². The number of amides is 3. The molecule has 238 valence electrons. The summed E-state index contributed by atoms with van der Waals surface area (Å²) < 4.78 is 5.30. The summed E-state index contributed by atoms with van der Waals surface area (Å²) in [5, 5.41) is 9.30. The van der Waals surface area contributed by atoms with Gasteiger partial charge in [-0.3, -0.25) is 24.0 Å². The van der Waals surface area contributed by atoms with Crippen LogP contribution >= 0.6 is 0 Å². The molecule has 10 nitrogen and oxygen atoms in total. The van der Waals surface area contributed by atoms with Gasteiger partial charge in [0.25, 0.3) is 5.91 Å². The molecule has 1 saturated carbocycles. The van der Waals surface area contributed by atoms with Crippen LogP contribution < -0.4 is 20.7 Å². The van der Waals surface area contributed by atoms with Gasteiger partial charge in [0, 0.05) is 41.7 Å². The number of carbonyl (C=O) groups excluding carboxylic acids is 5. The third kappa shape index (κ3) is 8.38. The Bertz CT molecular complexity index is 1530. The average Bonchev–Trinajstić information content (AvgIpc) is 3.49. The first-order valence-electron chi connectivity index (χ1n) is 16.0. The van der Waals surface area contributed by atoms with E-state index in [0.717, 1.165) is 55.0 Å². The van der Waals surface area contributed by atoms with Gasteiger partial charge in [-0.25, -0.2) is 0 Å². The smallest absolute Gasteiger partial charge is 0.289 e. The number of ether oxygens (including phenoxy) is 1. The predicted molar refractivity (Wildman–Crippen MR) is 170 cm³/mol. The van der Waals surface area contributed by atoms with E-state index >= 15 is 0 Å². The zero-order chi connectivity index (χ0) is 31.8. The van der Waals surface area contributed by atoms with Gasteiger partial charge in [0.15, 0.2) is 5.78 Å². The van der Waals surface area contributed by atoms with Gasteiger partial charge in [0.1, 0.15) is 5.75 Å². The van der Waals surface area contributed by atoms with Crippen LogP contribution in [0.3, 0.4) is 0 Å². The summed E-state index contributed by atoms with van der Waals surface area (Å²) in [5.74, 6) is -3.12. The molecule has 3 atom stereocenters. The summed E-state index contributed by atoms with van der Waals surface area (Å²) in [7, 11) is 1.57. The number of piperidine rings is 1. The van der Waals surface area contributed by atoms with Crippen molar-refractivity contribution in [2.45, 2.75) is 76.3 Å². The fourth-order valence-corrected chi connectivity index (χ4v) is 6.41. The van der Waals surface area contributed by atoms with E-state index in [4.69, 9.17) is 4.74 Å². The van der Waals surface area contributed by atoms with Crippen LogP contribution in [-0.2, 0) is 25.6 Å². The third-order valence-corrected chi connectivity index (χ3v) is 8.97. The Balaban J connectivity index is 1.36. The lowest BCUT2D eigenvalue weighted by Crippen LogP contribution is -2.53. The molecule has 10 heteroatoms. The maximum absolute atomic E-state index is 13.9. The lowest BCUT2D eigenvalue weighted by atomic mass is 9.88. The van der Waals surface area contributed by atoms with Crippen molar-refractivity contribution in [3.05, 3.63) is 65.9 Å². The summed E-state index contributed by atoms with van der Waals surface area (Å²) in [5.41, 5.74) is 1.99. The summed E-state index contributed by atoms with van der Waals surface area (Å²) in [6.45, 7) is 0.560. The van der Waals surface area contributed by atoms with Gasteiger partial charge < -0.3 is 25.7 Å². The second-order valence-electron chi connectivity index (χ2n) is 12.2. The minimum absolute atomic E-state index is 0.0182. The van der Waals surface area contributed by atoms with E-state index in [1.165, 1.54) is 0 Å². The number of hydrogen-bond donors (Lipinski definition) is 4. The molecule has 0 unspecified atom stereocenters. The van der Waals surface area contributed by atoms with E-state index in [0.29, 0.717) is 24.4 Å². The maximum atomic E-state index is 13.9. The van der Waals surface area contributed by atoms with Gasteiger partial charge in [0.2, 0.25) is 17.6 Å². The van der Waals surface area contributed by atoms with Crippen LogP contribution in [0.15, 0.2) is 54.6 Å². The molecule has 2 fully saturated rings. The van der Waals surface area contributed by atoms with Crippen molar-refractivity contribution < 1.29 is 28.7 Å². The quantitative estimate of drug-likeness (QED) is 0.169. The number of fused-ring (bicyclic) bond motifs is 1. The number of rotatable bonds is 13. The molecule has 2 aliphatic rings. The molecule has 3 amide bonds. The second kappa shape index (κ2) is 15.0. The molecule has 1 aromatic heterocycles. The van der Waals surface area contributed by atoms with Gasteiger partial charge in [-0.1, -0.05) is 49.6 Å². The third-order valence-electron chi connectivity index (χ3n) is 8.97. The fourth-order valence-electron chi connectivity index (χ4n) is 6.41. The topological polar surface area (TPSA) is 146 Å². The van der Waals surface area contributed by atoms with Crippen LogP contribution in [0, 0.1) is 11.8 Å². The molecular weight excluding hydrogens is 572 g/mol. The highest BCUT2D eigenvalue weighted by atomic mass is 16.5. The van der Waals surface area contributed by atoms with Crippen molar-refractivity contribution in [1.29, 1.82) is 0 Å². The summed E-state index contributed by atoms with van der Waals surface area (Å²) in [6.07, 6.45) is 6.16. The normalized spacial score (nSPS) is 18.4. The number of methoxy groups -OCH3 is 1. The second-order valence-corrected chi connectivity index (χ2v) is 12.2. The molecule has 5 rings (SSSR count). The van der Waals surface area contributed by atoms with E-state index < -0.39 is 35.5 Å². The lowest BCUT2D eigenvalue weighted by Gasteiger charge is -2.28. The van der Waals surface area contributed by atoms with E-state index in [-0.39, 0.29) is 37.0 Å². The van der Waals surface area contributed by atoms with Gasteiger partial charge in [-0.2, -0.15) is 0 Å². The Morgan fingerprint density at radius 2 is 1.73 bits per heavy atom. The van der Waals surface area contributed by atoms with E-state index in [2.05, 4.69) is 20.9 Å². The van der Waals surface area contributed by atoms with E-state index in [9.17, 15) is 24.0 Å². The van der Waals surface area contributed by atoms with Gasteiger partial charge in [-0.15, -0.1) is 0 Å². The summed E-state index contributed by atoms with van der Waals surface area (Å²) >= 11 is 0. The standard InChI is InChI=1S/C35H42N4O6/c1-45-27-14-15-28-24(18-27)20-29(38-28)31(40)21-25(17-22-9-4-2-5-10-22)34(43)39-30(19-23-11-8-16-36-33(23)42)32(41)35(44)37-26-12-6-3-7-13-26/h2,4-5,9-10,14-15,18,20,23,25-26,30,38H,3,6-8,11-13,16-17,19,21H2,1H3,(H,36,42)(H,37,44)(H,39,43)/t23-,25+,30-/m0/s1. The summed E-state index contributed by atoms with van der Waals surface area (Å²) in [4.78, 5) is 70.0. The van der Waals surface area contributed by atoms with Gasteiger partial charge in [0.05, 0.1) is 18.8 Å². The molecule has 3 aromatic rings. The van der Waals surface area contributed by atoms with Crippen molar-refractivity contribution >= 4 is 40.2 Å². The van der Waals surface area contributed by atoms with Crippen molar-refractivity contribution in [1.82, 2.24) is 20.9 Å². The molecule has 2 aromatic carbocycles. The molecule has 0 bridgehead atoms. The predicted octanol–water partition coefficient (Wildman–Crippen LogP) is 4.03. The Morgan fingerprint density at radius 3 is 2.47 bits per heavy atom. The number of aromatic amines is 1. The first-order chi connectivity index (χ1) is 21.8. The van der Waals surface area contributed by atoms with Gasteiger partial charge in [-0.05, 0) is 68.4 Å². The van der Waals surface area contributed by atoms with E-state index in [1.54, 1.807) is 19.2 Å². The average molecular weight is 615 g/mol. The Labute approximate surface area is 263 Å². The molecular formula is C35H42N4O6. The molecule has 45 heavy (non-hydrogen) atoms. The number of Topliss-reactive ketones (excluding diaryl/α,β-unsaturated/α-hetero) is 2. The molecule has 1 aliphatic heterocycles. The number of H-pyrrole nitrogens is 1. The number of nitrogens with one attached hydrogen (secondary N) is 4. The molecule has 2 heterocycles. The van der Waals surface area contributed by atoms with Crippen molar-refractivity contribution in [2.24, 2.45) is 11.8 Å². The number of ketones is 2. The minimum Gasteiger partial charge on any atom is -0.497 e. The van der Waals surface area contributed by atoms with Crippen LogP contribution in [0.25, 0.3) is 10.9 Å². The Hall–Kier alpha value is -4.47. The lowest BCUT2D eigenvalue weighted by molar-refractivity contribution is -0.141. The fraction of sp³-hybridized carbons (Fsp3) is 0.457. The first kappa shape index (κ1) is 31.9. The number of carbonyl (C=O) groups is 5. The number of benzene rings is 2. The zero-order valence-corrected chi connectivity index (χ0v) is 25.7. The Morgan fingerprint density at radius 1 is 0.956 bits per heavy atom. The highest BCUT2D eigenvalue weighted by Gasteiger charge is 2.36. The number of hydrogen-bond acceptors (Lipinski definition) is 6. The van der Waals surface area contributed by atoms with E-state index in [1.807, 2.05) is 42.5 Å². The van der Waals surface area contributed by atoms with Crippen LogP contribution in [0.1, 0.15) is 73.8 Å². The maximum Gasteiger partial charge on any atom is 0.289 e. The van der Waals surface area contributed by atoms with Crippen LogP contribution in [-0.4, -0.2) is 60.0 Å². The molecule has 0 spiro atoms. The van der Waals surface area contributed by atoms with Gasteiger partial charge >= 0.3 is 0 Å². The molecule has 0 radical (unpaired) electrons. The first-order valence-corrected chi connectivity index (χ1v) is 16.0. The van der Waals surface area contributed by atoms with Crippen LogP contribution in [0.5, 0.6) is 5.75 Å². The molecule has 1 aliphatic carbocycles. The highest BCUT2D eigenvalue weighted by Crippen LogP contribution is 2.25. The summed E-state index contributed by atoms with van der Waals surface area (Å²) in [6, 6.07) is 15.3. The molecule has 1 saturated heterocycles. The van der Waals surface area contributed by atoms with Crippen LogP contribution in [0.4, 0.5) is 0 Å². The van der Waals surface area contributed by atoms with Crippen molar-refractivity contribution in [3.63, 3.8) is 0 Å². The van der Waals surface area contributed by atoms with Crippen LogP contribution in [0.2, 0.25) is 0 Å².